The minimum absolute atomic E-state index is 0.194. The lowest BCUT2D eigenvalue weighted by Crippen LogP contribution is -2.46. The molecule has 0 saturated heterocycles. The van der Waals surface area contributed by atoms with Crippen molar-refractivity contribution in [2.24, 2.45) is 0 Å². The number of nitrogens with one attached hydrogen (secondary N) is 1. The first-order valence-electron chi connectivity index (χ1n) is 2.76. The third kappa shape index (κ3) is 1.12. The molecule has 1 aliphatic rings. The van der Waals surface area contributed by atoms with E-state index in [1.54, 1.807) is 0 Å². The second kappa shape index (κ2) is 2.03. The summed E-state index contributed by atoms with van der Waals surface area (Å²) in [6.07, 6.45) is 1.96. The summed E-state index contributed by atoms with van der Waals surface area (Å²) >= 11 is 0. The van der Waals surface area contributed by atoms with Gasteiger partial charge in [-0.15, -0.1) is 0 Å². The fourth-order valence-electron chi connectivity index (χ4n) is 0.719. The number of hydrogen-bond donors (Lipinski definition) is 1. The molecule has 0 aliphatic heterocycles. The number of carbonyl (C=O) groups is 1. The molecule has 0 aromatic heterocycles. The second-order valence-electron chi connectivity index (χ2n) is 2.06. The Labute approximate surface area is 47.7 Å². The number of carbonyl (C=O) groups excluding carboxylic acids is 1. The van der Waals surface area contributed by atoms with Crippen molar-refractivity contribution >= 4 is 6.09 Å². The van der Waals surface area contributed by atoms with Crippen LogP contribution in [0.4, 0.5) is 4.79 Å². The highest BCUT2D eigenvalue weighted by molar-refractivity contribution is 5.62. The van der Waals surface area contributed by atoms with E-state index >= 15 is 0 Å². The van der Waals surface area contributed by atoms with Crippen molar-refractivity contribution in [1.29, 1.82) is 0 Å². The summed E-state index contributed by atoms with van der Waals surface area (Å²) in [7, 11) is 0. The first-order chi connectivity index (χ1) is 3.79. The molecule has 1 amide bonds. The minimum atomic E-state index is -1.14. The van der Waals surface area contributed by atoms with E-state index in [0.717, 1.165) is 19.3 Å². The van der Waals surface area contributed by atoms with Gasteiger partial charge in [0.05, 0.1) is 0 Å². The Morgan fingerprint density at radius 1 is 1.62 bits per heavy atom. The smallest absolute Gasteiger partial charge is 0.134 e. The normalized spacial score (nSPS) is 19.5. The molecule has 3 heteroatoms. The number of hydrogen-bond acceptors (Lipinski definition) is 2. The van der Waals surface area contributed by atoms with Crippen molar-refractivity contribution in [3.05, 3.63) is 0 Å². The molecule has 3 nitrogen and oxygen atoms in total. The zero-order valence-corrected chi connectivity index (χ0v) is 4.52. The summed E-state index contributed by atoms with van der Waals surface area (Å²) in [6, 6.07) is 0.194. The van der Waals surface area contributed by atoms with E-state index in [2.05, 4.69) is 5.32 Å². The van der Waals surface area contributed by atoms with Crippen LogP contribution in [0, 0.1) is 0 Å². The average molecular weight is 114 g/mol. The maximum Gasteiger partial charge on any atom is 0.134 e. The van der Waals surface area contributed by atoms with Gasteiger partial charge in [-0.1, -0.05) is 0 Å². The van der Waals surface area contributed by atoms with E-state index in [9.17, 15) is 9.90 Å². The molecule has 0 atom stereocenters. The van der Waals surface area contributed by atoms with Crippen molar-refractivity contribution in [2.45, 2.75) is 25.3 Å². The molecule has 46 valence electrons. The molecule has 0 bridgehead atoms. The lowest BCUT2D eigenvalue weighted by atomic mass is 9.93. The number of rotatable bonds is 1. The zero-order valence-electron chi connectivity index (χ0n) is 4.52. The standard InChI is InChI=1S/C5H9NO2/c7-5(8)6-4-2-1-3-4/h4,6H,1-3H2,(H,7,8)/p-1. The van der Waals surface area contributed by atoms with Gasteiger partial charge in [0.25, 0.3) is 0 Å². The Hall–Kier alpha value is -0.730. The van der Waals surface area contributed by atoms with Crippen LogP contribution in [0.5, 0.6) is 0 Å². The highest BCUT2D eigenvalue weighted by Gasteiger charge is 2.15. The SMILES string of the molecule is O=C([O-])NC1CCC1. The van der Waals surface area contributed by atoms with Gasteiger partial charge in [-0.25, -0.2) is 0 Å². The molecular formula is C5H8NO2-. The van der Waals surface area contributed by atoms with Gasteiger partial charge in [0.1, 0.15) is 6.09 Å². The van der Waals surface area contributed by atoms with Crippen LogP contribution in [0.3, 0.4) is 0 Å². The van der Waals surface area contributed by atoms with Gasteiger partial charge < -0.3 is 15.2 Å². The quantitative estimate of drug-likeness (QED) is 0.498. The maximum absolute atomic E-state index is 9.78. The van der Waals surface area contributed by atoms with Crippen LogP contribution >= 0.6 is 0 Å². The fraction of sp³-hybridized carbons (Fsp3) is 0.800. The molecule has 0 radical (unpaired) electrons. The van der Waals surface area contributed by atoms with Crippen LogP contribution in [-0.2, 0) is 0 Å². The van der Waals surface area contributed by atoms with Crippen molar-refractivity contribution in [2.75, 3.05) is 0 Å². The van der Waals surface area contributed by atoms with Gasteiger partial charge in [-0.3, -0.25) is 0 Å². The molecule has 0 heterocycles. The number of carboxylic acid groups (broad SMARTS) is 1. The molecule has 1 rings (SSSR count). The molecule has 1 fully saturated rings. The van der Waals surface area contributed by atoms with E-state index in [1.807, 2.05) is 0 Å². The molecule has 0 unspecified atom stereocenters. The highest BCUT2D eigenvalue weighted by atomic mass is 16.4. The summed E-state index contributed by atoms with van der Waals surface area (Å²) in [6.45, 7) is 0. The highest BCUT2D eigenvalue weighted by Crippen LogP contribution is 2.17. The van der Waals surface area contributed by atoms with Gasteiger partial charge in [-0.05, 0) is 19.3 Å². The monoisotopic (exact) mass is 114 g/mol. The topological polar surface area (TPSA) is 52.2 Å². The summed E-state index contributed by atoms with van der Waals surface area (Å²) in [5, 5.41) is 12.1. The Kier molecular flexibility index (Phi) is 1.37. The predicted octanol–water partition coefficient (Wildman–Crippen LogP) is -0.528. The summed E-state index contributed by atoms with van der Waals surface area (Å²) < 4.78 is 0. The van der Waals surface area contributed by atoms with E-state index in [4.69, 9.17) is 0 Å². The summed E-state index contributed by atoms with van der Waals surface area (Å²) in [4.78, 5) is 9.78. The van der Waals surface area contributed by atoms with Crippen molar-refractivity contribution < 1.29 is 9.90 Å². The summed E-state index contributed by atoms with van der Waals surface area (Å²) in [5.41, 5.74) is 0. The van der Waals surface area contributed by atoms with Crippen LogP contribution in [0.2, 0.25) is 0 Å². The van der Waals surface area contributed by atoms with Crippen LogP contribution in [0.1, 0.15) is 19.3 Å². The third-order valence-corrected chi connectivity index (χ3v) is 1.43. The van der Waals surface area contributed by atoms with Gasteiger partial charge in [0, 0.05) is 6.04 Å². The summed E-state index contributed by atoms with van der Waals surface area (Å²) in [5.74, 6) is 0. The van der Waals surface area contributed by atoms with Crippen LogP contribution in [0.25, 0.3) is 0 Å². The van der Waals surface area contributed by atoms with Gasteiger partial charge in [-0.2, -0.15) is 0 Å². The third-order valence-electron chi connectivity index (χ3n) is 1.43. The first-order valence-corrected chi connectivity index (χ1v) is 2.76. The van der Waals surface area contributed by atoms with Gasteiger partial charge in [0.2, 0.25) is 0 Å². The Morgan fingerprint density at radius 3 is 2.38 bits per heavy atom. The van der Waals surface area contributed by atoms with E-state index in [0.29, 0.717) is 0 Å². The number of amides is 1. The van der Waals surface area contributed by atoms with Gasteiger partial charge in [0.15, 0.2) is 0 Å². The molecule has 0 aromatic rings. The molecule has 8 heavy (non-hydrogen) atoms. The molecule has 1 aliphatic carbocycles. The Morgan fingerprint density at radius 2 is 2.25 bits per heavy atom. The molecule has 1 saturated carbocycles. The minimum Gasteiger partial charge on any atom is -0.530 e. The molecule has 0 aromatic carbocycles. The molecule has 1 N–H and O–H groups in total. The zero-order chi connectivity index (χ0) is 5.98. The Balaban J connectivity index is 2.09. The van der Waals surface area contributed by atoms with Crippen LogP contribution in [0.15, 0.2) is 0 Å². The van der Waals surface area contributed by atoms with Crippen molar-refractivity contribution in [1.82, 2.24) is 5.32 Å². The Bertz CT molecular complexity index is 98.6. The lowest BCUT2D eigenvalue weighted by Gasteiger charge is -2.27. The molecular weight excluding hydrogens is 106 g/mol. The fourth-order valence-corrected chi connectivity index (χ4v) is 0.719. The van der Waals surface area contributed by atoms with Crippen molar-refractivity contribution in [3.63, 3.8) is 0 Å². The maximum atomic E-state index is 9.78. The molecule has 0 spiro atoms. The van der Waals surface area contributed by atoms with E-state index < -0.39 is 6.09 Å². The second-order valence-corrected chi connectivity index (χ2v) is 2.06. The first kappa shape index (κ1) is 5.41. The van der Waals surface area contributed by atoms with E-state index in [1.165, 1.54) is 0 Å². The average Bonchev–Trinajstić information content (AvgIpc) is 1.55. The van der Waals surface area contributed by atoms with Gasteiger partial charge >= 0.3 is 0 Å². The predicted molar refractivity (Wildman–Crippen MR) is 26.2 cm³/mol. The van der Waals surface area contributed by atoms with Crippen LogP contribution < -0.4 is 10.4 Å². The van der Waals surface area contributed by atoms with E-state index in [-0.39, 0.29) is 6.04 Å². The lowest BCUT2D eigenvalue weighted by molar-refractivity contribution is -0.252. The largest absolute Gasteiger partial charge is 0.530 e. The van der Waals surface area contributed by atoms with Crippen LogP contribution in [-0.4, -0.2) is 12.1 Å². The van der Waals surface area contributed by atoms with Crippen molar-refractivity contribution in [3.8, 4) is 0 Å².